The topological polar surface area (TPSA) is 54.0 Å². The van der Waals surface area contributed by atoms with Gasteiger partial charge >= 0.3 is 0 Å². The lowest BCUT2D eigenvalue weighted by atomic mass is 9.99. The van der Waals surface area contributed by atoms with Crippen LogP contribution < -0.4 is 10.6 Å². The third kappa shape index (κ3) is 2.30. The van der Waals surface area contributed by atoms with Crippen LogP contribution in [0.4, 0.5) is 5.00 Å². The zero-order valence-electron chi connectivity index (χ0n) is 8.04. The molecule has 2 N–H and O–H groups in total. The van der Waals surface area contributed by atoms with Gasteiger partial charge in [-0.15, -0.1) is 0 Å². The molecule has 1 aliphatic heterocycles. The zero-order chi connectivity index (χ0) is 9.97. The number of anilines is 1. The number of nitrogens with zero attached hydrogens (tertiary/aromatic N) is 1. The molecule has 1 fully saturated rings. The summed E-state index contributed by atoms with van der Waals surface area (Å²) in [4.78, 5) is 11.5. The van der Waals surface area contributed by atoms with Gasteiger partial charge in [0.1, 0.15) is 5.00 Å². The van der Waals surface area contributed by atoms with E-state index in [1.807, 2.05) is 13.0 Å². The van der Waals surface area contributed by atoms with Gasteiger partial charge in [-0.1, -0.05) is 0 Å². The molecule has 0 aromatic carbocycles. The third-order valence-electron chi connectivity index (χ3n) is 2.23. The number of hydrogen-bond donors (Lipinski definition) is 2. The van der Waals surface area contributed by atoms with Gasteiger partial charge in [0.25, 0.3) is 0 Å². The van der Waals surface area contributed by atoms with E-state index in [-0.39, 0.29) is 5.91 Å². The predicted molar refractivity (Wildman–Crippen MR) is 56.5 cm³/mol. The van der Waals surface area contributed by atoms with Crippen molar-refractivity contribution in [3.05, 3.63) is 11.8 Å². The SMILES string of the molecule is Cc1cc(NC(=O)CC2CNC2)sn1. The van der Waals surface area contributed by atoms with Crippen molar-refractivity contribution in [1.82, 2.24) is 9.69 Å². The van der Waals surface area contributed by atoms with Gasteiger partial charge < -0.3 is 10.6 Å². The molecular formula is C9H13N3OS. The van der Waals surface area contributed by atoms with Crippen LogP contribution in [0.2, 0.25) is 0 Å². The first-order valence-electron chi connectivity index (χ1n) is 4.68. The summed E-state index contributed by atoms with van der Waals surface area (Å²) >= 11 is 1.33. The van der Waals surface area contributed by atoms with Gasteiger partial charge in [0.2, 0.25) is 5.91 Å². The van der Waals surface area contributed by atoms with Crippen molar-refractivity contribution in [3.8, 4) is 0 Å². The number of aryl methyl sites for hydroxylation is 1. The Hall–Kier alpha value is -0.940. The van der Waals surface area contributed by atoms with E-state index in [1.54, 1.807) is 0 Å². The van der Waals surface area contributed by atoms with Gasteiger partial charge in [-0.3, -0.25) is 4.79 Å². The molecule has 2 heterocycles. The Labute approximate surface area is 86.9 Å². The van der Waals surface area contributed by atoms with E-state index in [0.29, 0.717) is 12.3 Å². The summed E-state index contributed by atoms with van der Waals surface area (Å²) in [6, 6.07) is 1.89. The Morgan fingerprint density at radius 2 is 2.57 bits per heavy atom. The molecule has 0 spiro atoms. The number of amides is 1. The summed E-state index contributed by atoms with van der Waals surface area (Å²) in [7, 11) is 0. The number of carbonyl (C=O) groups is 1. The van der Waals surface area contributed by atoms with Gasteiger partial charge in [0.05, 0.1) is 5.69 Å². The summed E-state index contributed by atoms with van der Waals surface area (Å²) in [6.07, 6.45) is 0.615. The quantitative estimate of drug-likeness (QED) is 0.784. The molecule has 0 aliphatic carbocycles. The Kier molecular flexibility index (Phi) is 2.79. The van der Waals surface area contributed by atoms with Crippen molar-refractivity contribution in [2.75, 3.05) is 18.4 Å². The Bertz CT molecular complexity index is 333. The molecule has 0 bridgehead atoms. The number of rotatable bonds is 3. The Morgan fingerprint density at radius 3 is 3.07 bits per heavy atom. The molecule has 5 heteroatoms. The van der Waals surface area contributed by atoms with Gasteiger partial charge in [0, 0.05) is 6.42 Å². The first kappa shape index (κ1) is 9.61. The summed E-state index contributed by atoms with van der Waals surface area (Å²) in [5, 5.41) is 6.84. The first-order chi connectivity index (χ1) is 6.74. The molecule has 1 aromatic rings. The van der Waals surface area contributed by atoms with Crippen molar-refractivity contribution < 1.29 is 4.79 Å². The van der Waals surface area contributed by atoms with Crippen LogP contribution in [0.3, 0.4) is 0 Å². The molecule has 2 rings (SSSR count). The predicted octanol–water partition coefficient (Wildman–Crippen LogP) is 1.000. The van der Waals surface area contributed by atoms with Gasteiger partial charge in [-0.2, -0.15) is 4.37 Å². The number of carbonyl (C=O) groups excluding carboxylic acids is 1. The summed E-state index contributed by atoms with van der Waals surface area (Å²) in [5.74, 6) is 0.615. The lowest BCUT2D eigenvalue weighted by molar-refractivity contribution is -0.117. The van der Waals surface area contributed by atoms with Crippen LogP contribution in [-0.2, 0) is 4.79 Å². The van der Waals surface area contributed by atoms with Crippen LogP contribution in [0.5, 0.6) is 0 Å². The van der Waals surface area contributed by atoms with Crippen LogP contribution in [-0.4, -0.2) is 23.4 Å². The van der Waals surface area contributed by atoms with Gasteiger partial charge in [-0.25, -0.2) is 0 Å². The Morgan fingerprint density at radius 1 is 1.79 bits per heavy atom. The minimum atomic E-state index is 0.0974. The second-order valence-corrected chi connectivity index (χ2v) is 4.41. The van der Waals surface area contributed by atoms with Crippen LogP contribution in [0, 0.1) is 12.8 Å². The van der Waals surface area contributed by atoms with Crippen molar-refractivity contribution in [2.24, 2.45) is 5.92 Å². The van der Waals surface area contributed by atoms with E-state index in [2.05, 4.69) is 15.0 Å². The molecule has 0 unspecified atom stereocenters. The molecule has 76 valence electrons. The van der Waals surface area contributed by atoms with E-state index in [0.717, 1.165) is 23.8 Å². The van der Waals surface area contributed by atoms with Crippen LogP contribution in [0.1, 0.15) is 12.1 Å². The minimum absolute atomic E-state index is 0.0974. The lowest BCUT2D eigenvalue weighted by Crippen LogP contribution is -2.43. The van der Waals surface area contributed by atoms with Crippen molar-refractivity contribution in [3.63, 3.8) is 0 Å². The third-order valence-corrected chi connectivity index (χ3v) is 3.03. The van der Waals surface area contributed by atoms with E-state index in [1.165, 1.54) is 11.5 Å². The summed E-state index contributed by atoms with van der Waals surface area (Å²) in [6.45, 7) is 3.85. The molecule has 0 atom stereocenters. The maximum atomic E-state index is 11.5. The normalized spacial score (nSPS) is 16.4. The molecule has 1 aliphatic rings. The second-order valence-electron chi connectivity index (χ2n) is 3.61. The van der Waals surface area contributed by atoms with Crippen LogP contribution >= 0.6 is 11.5 Å². The largest absolute Gasteiger partial charge is 0.316 e. The van der Waals surface area contributed by atoms with Gasteiger partial charge in [-0.05, 0) is 43.5 Å². The molecule has 1 saturated heterocycles. The maximum absolute atomic E-state index is 11.5. The fourth-order valence-electron chi connectivity index (χ4n) is 1.37. The number of aromatic nitrogens is 1. The highest BCUT2D eigenvalue weighted by molar-refractivity contribution is 7.10. The number of nitrogens with one attached hydrogen (secondary N) is 2. The first-order valence-corrected chi connectivity index (χ1v) is 5.45. The molecule has 14 heavy (non-hydrogen) atoms. The van der Waals surface area contributed by atoms with E-state index in [4.69, 9.17) is 0 Å². The smallest absolute Gasteiger partial charge is 0.225 e. The molecule has 1 amide bonds. The highest BCUT2D eigenvalue weighted by Crippen LogP contribution is 2.17. The van der Waals surface area contributed by atoms with E-state index < -0.39 is 0 Å². The van der Waals surface area contributed by atoms with Crippen molar-refractivity contribution in [1.29, 1.82) is 0 Å². The fourth-order valence-corrected chi connectivity index (χ4v) is 2.04. The summed E-state index contributed by atoms with van der Waals surface area (Å²) in [5.41, 5.74) is 0.954. The fraction of sp³-hybridized carbons (Fsp3) is 0.556. The van der Waals surface area contributed by atoms with Crippen molar-refractivity contribution >= 4 is 22.4 Å². The monoisotopic (exact) mass is 211 g/mol. The molecule has 4 nitrogen and oxygen atoms in total. The highest BCUT2D eigenvalue weighted by Gasteiger charge is 2.20. The standard InChI is InChI=1S/C9H13N3OS/c1-6-2-9(14-12-6)11-8(13)3-7-4-10-5-7/h2,7,10H,3-5H2,1H3,(H,11,13). The Balaban J connectivity index is 1.81. The zero-order valence-corrected chi connectivity index (χ0v) is 8.86. The van der Waals surface area contributed by atoms with Crippen LogP contribution in [0.25, 0.3) is 0 Å². The van der Waals surface area contributed by atoms with Gasteiger partial charge in [0.15, 0.2) is 0 Å². The van der Waals surface area contributed by atoms with Crippen LogP contribution in [0.15, 0.2) is 6.07 Å². The average Bonchev–Trinajstić information content (AvgIpc) is 2.44. The lowest BCUT2D eigenvalue weighted by Gasteiger charge is -2.26. The van der Waals surface area contributed by atoms with E-state index in [9.17, 15) is 4.79 Å². The molecule has 0 radical (unpaired) electrons. The van der Waals surface area contributed by atoms with E-state index >= 15 is 0 Å². The van der Waals surface area contributed by atoms with Crippen molar-refractivity contribution in [2.45, 2.75) is 13.3 Å². The maximum Gasteiger partial charge on any atom is 0.225 e. The molecule has 1 aromatic heterocycles. The minimum Gasteiger partial charge on any atom is -0.316 e. The molecular weight excluding hydrogens is 198 g/mol. The molecule has 0 saturated carbocycles. The average molecular weight is 211 g/mol. The second kappa shape index (κ2) is 4.06. The number of hydrogen-bond acceptors (Lipinski definition) is 4. The summed E-state index contributed by atoms with van der Waals surface area (Å²) < 4.78 is 4.10. The highest BCUT2D eigenvalue weighted by atomic mass is 32.1.